The Morgan fingerprint density at radius 3 is 2.72 bits per heavy atom. The summed E-state index contributed by atoms with van der Waals surface area (Å²) >= 11 is 0. The van der Waals surface area contributed by atoms with Crippen LogP contribution in [0.3, 0.4) is 0 Å². The van der Waals surface area contributed by atoms with Gasteiger partial charge in [-0.3, -0.25) is 9.78 Å². The first-order chi connectivity index (χ1) is 14.1. The molecule has 8 nitrogen and oxygen atoms in total. The van der Waals surface area contributed by atoms with Crippen LogP contribution in [-0.4, -0.2) is 30.6 Å². The number of hydrogen-bond acceptors (Lipinski definition) is 6. The fourth-order valence-electron chi connectivity index (χ4n) is 2.83. The van der Waals surface area contributed by atoms with Crippen LogP contribution in [-0.2, 0) is 17.9 Å². The predicted octanol–water partition coefficient (Wildman–Crippen LogP) is 2.93. The number of amides is 1. The molecule has 0 atom stereocenters. The third kappa shape index (κ3) is 4.37. The van der Waals surface area contributed by atoms with Crippen LogP contribution in [0.5, 0.6) is 0 Å². The number of carbonyl (C=O) groups excluding carboxylic acids is 1. The molecule has 4 aromatic rings. The number of nitrogens with one attached hydrogen (secondary N) is 1. The standard InChI is InChI=1S/C21H20N6O2/c1-14-5-7-16(8-6-14)10-23-19(28)13-27-12-18(24-15(27)2)20-25-21(29-26-20)17-4-3-9-22-11-17/h3-9,11-12H,10,13H2,1-2H3,(H,23,28). The second-order valence-electron chi connectivity index (χ2n) is 6.73. The number of carbonyl (C=O) groups is 1. The molecule has 1 N–H and O–H groups in total. The number of aryl methyl sites for hydroxylation is 2. The Labute approximate surface area is 167 Å². The van der Waals surface area contributed by atoms with Gasteiger partial charge in [-0.25, -0.2) is 4.98 Å². The lowest BCUT2D eigenvalue weighted by Crippen LogP contribution is -2.27. The largest absolute Gasteiger partial charge is 0.350 e. The average molecular weight is 388 g/mol. The number of benzene rings is 1. The molecule has 1 aromatic carbocycles. The zero-order chi connectivity index (χ0) is 20.2. The molecule has 3 aromatic heterocycles. The first-order valence-electron chi connectivity index (χ1n) is 9.19. The van der Waals surface area contributed by atoms with Gasteiger partial charge in [-0.2, -0.15) is 4.98 Å². The van der Waals surface area contributed by atoms with Crippen molar-refractivity contribution in [3.8, 4) is 23.0 Å². The van der Waals surface area contributed by atoms with E-state index in [9.17, 15) is 4.79 Å². The van der Waals surface area contributed by atoms with E-state index in [0.717, 1.165) is 11.1 Å². The topological polar surface area (TPSA) is 98.7 Å². The lowest BCUT2D eigenvalue weighted by molar-refractivity contribution is -0.121. The van der Waals surface area contributed by atoms with Crippen LogP contribution in [0.15, 0.2) is 59.5 Å². The minimum absolute atomic E-state index is 0.0956. The number of rotatable bonds is 6. The Kier molecular flexibility index (Phi) is 5.15. The van der Waals surface area contributed by atoms with Crippen molar-refractivity contribution in [2.24, 2.45) is 0 Å². The Hall–Kier alpha value is -3.81. The number of aromatic nitrogens is 5. The molecule has 0 saturated carbocycles. The van der Waals surface area contributed by atoms with Crippen molar-refractivity contribution in [3.63, 3.8) is 0 Å². The molecule has 3 heterocycles. The summed E-state index contributed by atoms with van der Waals surface area (Å²) in [5.74, 6) is 1.34. The van der Waals surface area contributed by atoms with Crippen molar-refractivity contribution in [1.82, 2.24) is 30.0 Å². The quantitative estimate of drug-likeness (QED) is 0.545. The molecule has 0 unspecified atom stereocenters. The highest BCUT2D eigenvalue weighted by atomic mass is 16.5. The van der Waals surface area contributed by atoms with Crippen LogP contribution in [0.2, 0.25) is 0 Å². The molecule has 1 amide bonds. The van der Waals surface area contributed by atoms with Gasteiger partial charge in [0.2, 0.25) is 11.7 Å². The van der Waals surface area contributed by atoms with Gasteiger partial charge < -0.3 is 14.4 Å². The van der Waals surface area contributed by atoms with E-state index < -0.39 is 0 Å². The van der Waals surface area contributed by atoms with E-state index in [-0.39, 0.29) is 12.5 Å². The van der Waals surface area contributed by atoms with Gasteiger partial charge in [0.15, 0.2) is 0 Å². The molecular weight excluding hydrogens is 368 g/mol. The van der Waals surface area contributed by atoms with Crippen molar-refractivity contribution in [2.75, 3.05) is 0 Å². The Bertz CT molecular complexity index is 1120. The van der Waals surface area contributed by atoms with Crippen molar-refractivity contribution < 1.29 is 9.32 Å². The monoisotopic (exact) mass is 388 g/mol. The van der Waals surface area contributed by atoms with Gasteiger partial charge in [0.1, 0.15) is 18.1 Å². The minimum Gasteiger partial charge on any atom is -0.350 e. The Morgan fingerprint density at radius 1 is 1.14 bits per heavy atom. The number of pyridine rings is 1. The van der Waals surface area contributed by atoms with Gasteiger partial charge in [0.05, 0.1) is 5.56 Å². The fourth-order valence-corrected chi connectivity index (χ4v) is 2.83. The zero-order valence-electron chi connectivity index (χ0n) is 16.2. The first kappa shape index (κ1) is 18.5. The van der Waals surface area contributed by atoms with Gasteiger partial charge in [0.25, 0.3) is 5.89 Å². The third-order valence-corrected chi connectivity index (χ3v) is 4.46. The molecule has 0 aliphatic carbocycles. The number of imidazole rings is 1. The highest BCUT2D eigenvalue weighted by Gasteiger charge is 2.15. The van der Waals surface area contributed by atoms with E-state index in [4.69, 9.17) is 4.52 Å². The molecule has 0 radical (unpaired) electrons. The van der Waals surface area contributed by atoms with Crippen LogP contribution in [0.1, 0.15) is 17.0 Å². The van der Waals surface area contributed by atoms with Gasteiger partial charge in [-0.15, -0.1) is 0 Å². The lowest BCUT2D eigenvalue weighted by atomic mass is 10.1. The summed E-state index contributed by atoms with van der Waals surface area (Å²) in [6.07, 6.45) is 5.08. The van der Waals surface area contributed by atoms with Crippen molar-refractivity contribution in [1.29, 1.82) is 0 Å². The van der Waals surface area contributed by atoms with Gasteiger partial charge in [-0.05, 0) is 31.5 Å². The maximum absolute atomic E-state index is 12.3. The second kappa shape index (κ2) is 8.05. The predicted molar refractivity (Wildman–Crippen MR) is 107 cm³/mol. The molecule has 0 saturated heterocycles. The van der Waals surface area contributed by atoms with E-state index in [0.29, 0.717) is 29.8 Å². The van der Waals surface area contributed by atoms with Crippen molar-refractivity contribution in [2.45, 2.75) is 26.9 Å². The first-order valence-corrected chi connectivity index (χ1v) is 9.19. The van der Waals surface area contributed by atoms with Crippen LogP contribution < -0.4 is 5.32 Å². The Balaban J connectivity index is 1.42. The van der Waals surface area contributed by atoms with E-state index in [1.54, 1.807) is 29.2 Å². The molecule has 0 aliphatic heterocycles. The summed E-state index contributed by atoms with van der Waals surface area (Å²) in [5, 5.41) is 6.91. The highest BCUT2D eigenvalue weighted by molar-refractivity contribution is 5.76. The van der Waals surface area contributed by atoms with Gasteiger partial charge in [0, 0.05) is 25.1 Å². The zero-order valence-corrected chi connectivity index (χ0v) is 16.2. The Morgan fingerprint density at radius 2 is 1.97 bits per heavy atom. The van der Waals surface area contributed by atoms with Gasteiger partial charge >= 0.3 is 0 Å². The molecule has 0 fully saturated rings. The SMILES string of the molecule is Cc1ccc(CNC(=O)Cn2cc(-c3noc(-c4cccnc4)n3)nc2C)cc1. The van der Waals surface area contributed by atoms with Crippen LogP contribution >= 0.6 is 0 Å². The number of hydrogen-bond donors (Lipinski definition) is 1. The summed E-state index contributed by atoms with van der Waals surface area (Å²) in [6, 6.07) is 11.7. The maximum Gasteiger partial charge on any atom is 0.259 e. The molecular formula is C21H20N6O2. The molecule has 146 valence electrons. The van der Waals surface area contributed by atoms with Crippen LogP contribution in [0.25, 0.3) is 23.0 Å². The van der Waals surface area contributed by atoms with Crippen molar-refractivity contribution in [3.05, 3.63) is 71.9 Å². The smallest absolute Gasteiger partial charge is 0.259 e. The van der Waals surface area contributed by atoms with E-state index in [1.807, 2.05) is 44.2 Å². The average Bonchev–Trinajstić information content (AvgIpc) is 3.36. The minimum atomic E-state index is -0.0956. The molecule has 0 bridgehead atoms. The highest BCUT2D eigenvalue weighted by Crippen LogP contribution is 2.21. The molecule has 8 heteroatoms. The van der Waals surface area contributed by atoms with Crippen LogP contribution in [0, 0.1) is 13.8 Å². The summed E-state index contributed by atoms with van der Waals surface area (Å²) in [6.45, 7) is 4.51. The summed E-state index contributed by atoms with van der Waals surface area (Å²) < 4.78 is 7.07. The number of nitrogens with zero attached hydrogens (tertiary/aromatic N) is 5. The molecule has 4 rings (SSSR count). The fraction of sp³-hybridized carbons (Fsp3) is 0.190. The van der Waals surface area contributed by atoms with E-state index in [2.05, 4.69) is 25.4 Å². The van der Waals surface area contributed by atoms with E-state index >= 15 is 0 Å². The van der Waals surface area contributed by atoms with Crippen molar-refractivity contribution >= 4 is 5.91 Å². The molecule has 29 heavy (non-hydrogen) atoms. The third-order valence-electron chi connectivity index (χ3n) is 4.46. The lowest BCUT2D eigenvalue weighted by Gasteiger charge is -2.07. The summed E-state index contributed by atoms with van der Waals surface area (Å²) in [7, 11) is 0. The summed E-state index contributed by atoms with van der Waals surface area (Å²) in [4.78, 5) is 25.2. The second-order valence-corrected chi connectivity index (χ2v) is 6.73. The normalized spacial score (nSPS) is 10.8. The summed E-state index contributed by atoms with van der Waals surface area (Å²) in [5.41, 5.74) is 3.53. The van der Waals surface area contributed by atoms with Crippen LogP contribution in [0.4, 0.5) is 0 Å². The van der Waals surface area contributed by atoms with Gasteiger partial charge in [-0.1, -0.05) is 35.0 Å². The maximum atomic E-state index is 12.3. The van der Waals surface area contributed by atoms with E-state index in [1.165, 1.54) is 5.56 Å². The molecule has 0 aliphatic rings. The molecule has 0 spiro atoms.